The Bertz CT molecular complexity index is 82.2. The Labute approximate surface area is 104 Å². The summed E-state index contributed by atoms with van der Waals surface area (Å²) < 4.78 is 0. The van der Waals surface area contributed by atoms with Crippen molar-refractivity contribution in [3.05, 3.63) is 0 Å². The monoisotopic (exact) mass is 169 g/mol. The fraction of sp³-hybridized carbons (Fsp3) is 0.667. The van der Waals surface area contributed by atoms with Crippen LogP contribution in [0.4, 0.5) is 0 Å². The molecular weight excluding hydrogens is 160 g/mol. The zero-order chi connectivity index (χ0) is 5.86. The molecule has 1 atom stereocenters. The third-order valence-electron chi connectivity index (χ3n) is 0.514. The summed E-state index contributed by atoms with van der Waals surface area (Å²) in [5.41, 5.74) is 4.94. The fourth-order valence-corrected chi connectivity index (χ4v) is 0.234. The van der Waals surface area contributed by atoms with Crippen LogP contribution in [0, 0.1) is 0 Å². The molecule has 0 aromatic carbocycles. The predicted molar refractivity (Wildman–Crippen MR) is 43.8 cm³/mol. The zero-order valence-corrected chi connectivity index (χ0v) is 4.56. The van der Waals surface area contributed by atoms with Gasteiger partial charge in [0.25, 0.3) is 0 Å². The van der Waals surface area contributed by atoms with E-state index in [0.717, 1.165) is 0 Å². The molecule has 0 amide bonds. The number of aliphatic carboxylic acids is 1. The number of hydrogen-bond acceptors (Lipinski definition) is 3. The summed E-state index contributed by atoms with van der Waals surface area (Å²) in [6, 6.07) is -0.816. The molecule has 0 bridgehead atoms. The first-order valence-electron chi connectivity index (χ1n) is 1.77. The van der Waals surface area contributed by atoms with Gasteiger partial charge in [0.2, 0.25) is 0 Å². The molecule has 0 aliphatic rings. The zero-order valence-electron chi connectivity index (χ0n) is 3.66. The number of carboxylic acids is 1. The average molecular weight is 169 g/mol. The van der Waals surface area contributed by atoms with E-state index >= 15 is 0 Å². The SMILES string of the molecule is NC(CS)C(=O)O.[NaH].[NaH]. The summed E-state index contributed by atoms with van der Waals surface area (Å²) >= 11 is 3.65. The Morgan fingerprint density at radius 2 is 2.00 bits per heavy atom. The Hall–Kier alpha value is 1.78. The van der Waals surface area contributed by atoms with E-state index in [1.54, 1.807) is 0 Å². The van der Waals surface area contributed by atoms with Crippen molar-refractivity contribution in [2.75, 3.05) is 5.75 Å². The first-order chi connectivity index (χ1) is 3.18. The van der Waals surface area contributed by atoms with Crippen LogP contribution in [0.1, 0.15) is 0 Å². The maximum atomic E-state index is 9.76. The molecule has 3 nitrogen and oxygen atoms in total. The Kier molecular flexibility index (Phi) is 18.5. The molecule has 1 unspecified atom stereocenters. The van der Waals surface area contributed by atoms with E-state index in [2.05, 4.69) is 12.6 Å². The van der Waals surface area contributed by atoms with Crippen molar-refractivity contribution in [3.8, 4) is 0 Å². The normalized spacial score (nSPS) is 10.4. The van der Waals surface area contributed by atoms with Crippen LogP contribution < -0.4 is 5.73 Å². The molecule has 0 spiro atoms. The molecule has 0 aromatic rings. The summed E-state index contributed by atoms with van der Waals surface area (Å²) in [5, 5.41) is 8.01. The molecule has 0 heterocycles. The van der Waals surface area contributed by atoms with Crippen LogP contribution >= 0.6 is 12.6 Å². The van der Waals surface area contributed by atoms with E-state index in [4.69, 9.17) is 10.8 Å². The van der Waals surface area contributed by atoms with Crippen molar-refractivity contribution in [2.24, 2.45) is 5.73 Å². The van der Waals surface area contributed by atoms with Crippen LogP contribution in [0.5, 0.6) is 0 Å². The molecule has 0 saturated carbocycles. The van der Waals surface area contributed by atoms with Crippen LogP contribution in [0.15, 0.2) is 0 Å². The van der Waals surface area contributed by atoms with Crippen LogP contribution in [0.25, 0.3) is 0 Å². The van der Waals surface area contributed by atoms with Gasteiger partial charge in [-0.2, -0.15) is 12.6 Å². The molecule has 6 heteroatoms. The topological polar surface area (TPSA) is 63.3 Å². The van der Waals surface area contributed by atoms with Crippen molar-refractivity contribution in [2.45, 2.75) is 6.04 Å². The van der Waals surface area contributed by atoms with Crippen molar-refractivity contribution in [1.29, 1.82) is 0 Å². The molecule has 0 aromatic heterocycles. The van der Waals surface area contributed by atoms with E-state index in [1.165, 1.54) is 0 Å². The predicted octanol–water partition coefficient (Wildman–Crippen LogP) is -1.97. The van der Waals surface area contributed by atoms with Gasteiger partial charge in [0.15, 0.2) is 0 Å². The van der Waals surface area contributed by atoms with Crippen molar-refractivity contribution in [1.82, 2.24) is 0 Å². The second-order valence-corrected chi connectivity index (χ2v) is 1.49. The standard InChI is InChI=1S/C3H7NO2S.2Na.2H/c4-2(1-7)3(5)6;;;;/h2,7H,1,4H2,(H,5,6);;;;. The van der Waals surface area contributed by atoms with Gasteiger partial charge in [-0.25, -0.2) is 0 Å². The molecule has 0 aliphatic carbocycles. The van der Waals surface area contributed by atoms with Gasteiger partial charge in [0.1, 0.15) is 6.04 Å². The van der Waals surface area contributed by atoms with Crippen LogP contribution in [-0.2, 0) is 4.79 Å². The van der Waals surface area contributed by atoms with Gasteiger partial charge < -0.3 is 10.8 Å². The van der Waals surface area contributed by atoms with Gasteiger partial charge in [0.05, 0.1) is 0 Å². The van der Waals surface area contributed by atoms with Crippen LogP contribution in [0.2, 0.25) is 0 Å². The number of thiol groups is 1. The number of hydrogen-bond donors (Lipinski definition) is 3. The first-order valence-corrected chi connectivity index (χ1v) is 2.41. The van der Waals surface area contributed by atoms with Gasteiger partial charge in [-0.1, -0.05) is 0 Å². The third-order valence-corrected chi connectivity index (χ3v) is 0.907. The molecule has 0 fully saturated rings. The number of carbonyl (C=O) groups is 1. The summed E-state index contributed by atoms with van der Waals surface area (Å²) in [4.78, 5) is 9.76. The van der Waals surface area contributed by atoms with Crippen molar-refractivity contribution >= 4 is 77.7 Å². The van der Waals surface area contributed by atoms with Gasteiger partial charge in [-0.3, -0.25) is 4.79 Å². The number of carboxylic acid groups (broad SMARTS) is 1. The summed E-state index contributed by atoms with van der Waals surface area (Å²) in [7, 11) is 0. The van der Waals surface area contributed by atoms with Crippen LogP contribution in [-0.4, -0.2) is 82.0 Å². The second kappa shape index (κ2) is 9.78. The van der Waals surface area contributed by atoms with E-state index in [-0.39, 0.29) is 64.9 Å². The molecular formula is C3H9NNa2O2S. The molecule has 3 N–H and O–H groups in total. The third kappa shape index (κ3) is 9.78. The molecule has 9 heavy (non-hydrogen) atoms. The first kappa shape index (κ1) is 17.0. The minimum absolute atomic E-state index is 0. The summed E-state index contributed by atoms with van der Waals surface area (Å²) in [5.74, 6) is -0.815. The summed E-state index contributed by atoms with van der Waals surface area (Å²) in [6.07, 6.45) is 0. The van der Waals surface area contributed by atoms with Crippen molar-refractivity contribution < 1.29 is 9.90 Å². The quantitative estimate of drug-likeness (QED) is 0.332. The minimum atomic E-state index is -1.00. The second-order valence-electron chi connectivity index (χ2n) is 1.13. The molecule has 46 valence electrons. The van der Waals surface area contributed by atoms with E-state index in [9.17, 15) is 4.79 Å². The Balaban J connectivity index is -0.000000180. The Morgan fingerprint density at radius 3 is 2.00 bits per heavy atom. The fourth-order valence-electron chi connectivity index (χ4n) is 0.0781. The van der Waals surface area contributed by atoms with Gasteiger partial charge in [-0.15, -0.1) is 0 Å². The number of nitrogens with two attached hydrogens (primary N) is 1. The van der Waals surface area contributed by atoms with Gasteiger partial charge in [0, 0.05) is 5.75 Å². The van der Waals surface area contributed by atoms with Crippen LogP contribution in [0.3, 0.4) is 0 Å². The number of rotatable bonds is 2. The van der Waals surface area contributed by atoms with E-state index in [1.807, 2.05) is 0 Å². The maximum absolute atomic E-state index is 9.76. The average Bonchev–Trinajstić information content (AvgIpc) is 1.65. The van der Waals surface area contributed by atoms with Gasteiger partial charge in [-0.05, 0) is 0 Å². The van der Waals surface area contributed by atoms with Gasteiger partial charge >= 0.3 is 65.1 Å². The molecule has 0 radical (unpaired) electrons. The van der Waals surface area contributed by atoms with E-state index < -0.39 is 12.0 Å². The summed E-state index contributed by atoms with van der Waals surface area (Å²) in [6.45, 7) is 0. The molecule has 0 rings (SSSR count). The molecule has 0 aliphatic heterocycles. The molecule has 0 saturated heterocycles. The van der Waals surface area contributed by atoms with E-state index in [0.29, 0.717) is 0 Å². The van der Waals surface area contributed by atoms with Crippen molar-refractivity contribution in [3.63, 3.8) is 0 Å². The Morgan fingerprint density at radius 1 is 1.67 bits per heavy atom.